The highest BCUT2D eigenvalue weighted by atomic mass is 16.5. The second kappa shape index (κ2) is 6.52. The molecule has 19 heavy (non-hydrogen) atoms. The van der Waals surface area contributed by atoms with Crippen LogP contribution in [0.15, 0.2) is 22.8 Å². The molecule has 0 saturated heterocycles. The predicted molar refractivity (Wildman–Crippen MR) is 68.9 cm³/mol. The molecule has 5 nitrogen and oxygen atoms in total. The predicted octanol–water partition coefficient (Wildman–Crippen LogP) is 1.93. The number of rotatable bonds is 6. The van der Waals surface area contributed by atoms with Gasteiger partial charge in [0, 0.05) is 6.04 Å². The van der Waals surface area contributed by atoms with Crippen LogP contribution in [0.1, 0.15) is 42.7 Å². The zero-order valence-electron chi connectivity index (χ0n) is 11.1. The van der Waals surface area contributed by atoms with E-state index in [0.717, 1.165) is 25.7 Å². The third-order valence-electron chi connectivity index (χ3n) is 3.47. The molecule has 0 spiro atoms. The molecular formula is C14H19NO4. The van der Waals surface area contributed by atoms with Crippen LogP contribution in [0.25, 0.3) is 0 Å². The quantitative estimate of drug-likeness (QED) is 0.628. The van der Waals surface area contributed by atoms with Gasteiger partial charge < -0.3 is 14.5 Å². The fourth-order valence-corrected chi connectivity index (χ4v) is 2.44. The first-order valence-electron chi connectivity index (χ1n) is 6.61. The van der Waals surface area contributed by atoms with E-state index in [-0.39, 0.29) is 18.0 Å². The summed E-state index contributed by atoms with van der Waals surface area (Å²) in [5.41, 5.74) is 0. The first kappa shape index (κ1) is 13.8. The van der Waals surface area contributed by atoms with Crippen molar-refractivity contribution in [1.29, 1.82) is 0 Å². The second-order valence-corrected chi connectivity index (χ2v) is 4.82. The van der Waals surface area contributed by atoms with Crippen LogP contribution in [0, 0.1) is 0 Å². The fourth-order valence-electron chi connectivity index (χ4n) is 2.44. The van der Waals surface area contributed by atoms with Gasteiger partial charge in [-0.25, -0.2) is 0 Å². The van der Waals surface area contributed by atoms with Crippen molar-refractivity contribution in [3.8, 4) is 0 Å². The Morgan fingerprint density at radius 1 is 1.47 bits per heavy atom. The first-order chi connectivity index (χ1) is 9.20. The summed E-state index contributed by atoms with van der Waals surface area (Å²) in [7, 11) is 1.33. The largest absolute Gasteiger partial charge is 0.469 e. The zero-order valence-corrected chi connectivity index (χ0v) is 11.1. The molecule has 1 saturated carbocycles. The minimum atomic E-state index is -0.568. The molecule has 104 valence electrons. The maximum atomic E-state index is 12.3. The van der Waals surface area contributed by atoms with E-state index in [1.807, 2.05) is 0 Å². The van der Waals surface area contributed by atoms with E-state index in [1.165, 1.54) is 13.4 Å². The maximum absolute atomic E-state index is 12.3. The molecule has 1 atom stereocenters. The fraction of sp³-hybridized carbons (Fsp3) is 0.571. The number of hydrogen-bond donors (Lipinski definition) is 1. The number of esters is 1. The summed E-state index contributed by atoms with van der Waals surface area (Å²) in [6, 6.07) is 3.01. The number of Topliss-reactive ketones (excluding diaryl/α,β-unsaturated/α-hetero) is 1. The Bertz CT molecular complexity index is 421. The zero-order chi connectivity index (χ0) is 13.7. The SMILES string of the molecule is COC(=O)CC(NC1CCCC1)C(=O)c1ccco1. The van der Waals surface area contributed by atoms with Gasteiger partial charge in [-0.2, -0.15) is 0 Å². The average molecular weight is 265 g/mol. The molecule has 2 rings (SSSR count). The van der Waals surface area contributed by atoms with Gasteiger partial charge in [0.1, 0.15) is 0 Å². The highest BCUT2D eigenvalue weighted by molar-refractivity contribution is 5.99. The molecule has 1 aromatic heterocycles. The monoisotopic (exact) mass is 265 g/mol. The Balaban J connectivity index is 2.04. The number of ether oxygens (including phenoxy) is 1. The average Bonchev–Trinajstić information content (AvgIpc) is 3.09. The van der Waals surface area contributed by atoms with Crippen LogP contribution >= 0.6 is 0 Å². The molecule has 1 N–H and O–H groups in total. The lowest BCUT2D eigenvalue weighted by Crippen LogP contribution is -2.43. The molecule has 0 radical (unpaired) electrons. The molecule has 1 heterocycles. The lowest BCUT2D eigenvalue weighted by atomic mass is 10.1. The van der Waals surface area contributed by atoms with Crippen LogP contribution in [0.4, 0.5) is 0 Å². The number of hydrogen-bond acceptors (Lipinski definition) is 5. The molecule has 1 unspecified atom stereocenters. The van der Waals surface area contributed by atoms with Crippen LogP contribution in [-0.2, 0) is 9.53 Å². The van der Waals surface area contributed by atoms with Crippen LogP contribution in [0.5, 0.6) is 0 Å². The summed E-state index contributed by atoms with van der Waals surface area (Å²) >= 11 is 0. The van der Waals surface area contributed by atoms with Gasteiger partial charge in [-0.3, -0.25) is 9.59 Å². The van der Waals surface area contributed by atoms with Crippen molar-refractivity contribution in [3.05, 3.63) is 24.2 Å². The van der Waals surface area contributed by atoms with E-state index in [0.29, 0.717) is 6.04 Å². The number of ketones is 1. The lowest BCUT2D eigenvalue weighted by Gasteiger charge is -2.20. The van der Waals surface area contributed by atoms with Crippen molar-refractivity contribution in [3.63, 3.8) is 0 Å². The molecule has 5 heteroatoms. The Morgan fingerprint density at radius 3 is 2.79 bits per heavy atom. The number of furan rings is 1. The summed E-state index contributed by atoms with van der Waals surface area (Å²) in [5, 5.41) is 3.26. The van der Waals surface area contributed by atoms with Gasteiger partial charge in [0.2, 0.25) is 5.78 Å². The van der Waals surface area contributed by atoms with Gasteiger partial charge in [0.05, 0.1) is 25.8 Å². The van der Waals surface area contributed by atoms with Crippen LogP contribution < -0.4 is 5.32 Å². The van der Waals surface area contributed by atoms with E-state index in [1.54, 1.807) is 12.1 Å². The molecule has 1 aliphatic carbocycles. The molecule has 0 aromatic carbocycles. The summed E-state index contributed by atoms with van der Waals surface area (Å²) in [5.74, 6) is -0.308. The number of carbonyl (C=O) groups is 2. The minimum Gasteiger partial charge on any atom is -0.469 e. The van der Waals surface area contributed by atoms with Gasteiger partial charge >= 0.3 is 5.97 Å². The molecule has 0 aliphatic heterocycles. The summed E-state index contributed by atoms with van der Waals surface area (Å²) in [6.07, 6.45) is 5.91. The van der Waals surface area contributed by atoms with Crippen molar-refractivity contribution in [2.24, 2.45) is 0 Å². The van der Waals surface area contributed by atoms with E-state index in [4.69, 9.17) is 4.42 Å². The third kappa shape index (κ3) is 3.67. The van der Waals surface area contributed by atoms with Crippen molar-refractivity contribution >= 4 is 11.8 Å². The van der Waals surface area contributed by atoms with Crippen molar-refractivity contribution in [2.45, 2.75) is 44.2 Å². The molecule has 1 fully saturated rings. The Labute approximate surface area is 112 Å². The normalized spacial score (nSPS) is 17.3. The molecule has 0 amide bonds. The topological polar surface area (TPSA) is 68.5 Å². The Kier molecular flexibility index (Phi) is 4.74. The van der Waals surface area contributed by atoms with Gasteiger partial charge in [0.15, 0.2) is 5.76 Å². The third-order valence-corrected chi connectivity index (χ3v) is 3.47. The molecule has 1 aliphatic rings. The molecule has 0 bridgehead atoms. The van der Waals surface area contributed by atoms with E-state index < -0.39 is 12.0 Å². The van der Waals surface area contributed by atoms with Crippen molar-refractivity contribution in [2.75, 3.05) is 7.11 Å². The number of nitrogens with one attached hydrogen (secondary N) is 1. The van der Waals surface area contributed by atoms with Crippen LogP contribution in [-0.4, -0.2) is 30.9 Å². The van der Waals surface area contributed by atoms with E-state index >= 15 is 0 Å². The van der Waals surface area contributed by atoms with Gasteiger partial charge in [-0.15, -0.1) is 0 Å². The number of carbonyl (C=O) groups excluding carboxylic acids is 2. The van der Waals surface area contributed by atoms with Gasteiger partial charge in [0.25, 0.3) is 0 Å². The molecule has 1 aromatic rings. The Morgan fingerprint density at radius 2 is 2.21 bits per heavy atom. The summed E-state index contributed by atoms with van der Waals surface area (Å²) in [6.45, 7) is 0. The van der Waals surface area contributed by atoms with Crippen molar-refractivity contribution < 1.29 is 18.7 Å². The number of methoxy groups -OCH3 is 1. The van der Waals surface area contributed by atoms with Crippen LogP contribution in [0.3, 0.4) is 0 Å². The smallest absolute Gasteiger partial charge is 0.307 e. The van der Waals surface area contributed by atoms with Crippen molar-refractivity contribution in [1.82, 2.24) is 5.32 Å². The maximum Gasteiger partial charge on any atom is 0.307 e. The standard InChI is InChI=1S/C14H19NO4/c1-18-13(16)9-11(15-10-5-2-3-6-10)14(17)12-7-4-8-19-12/h4,7-8,10-11,15H,2-3,5-6,9H2,1H3. The van der Waals surface area contributed by atoms with Crippen LogP contribution in [0.2, 0.25) is 0 Å². The summed E-state index contributed by atoms with van der Waals surface area (Å²) < 4.78 is 9.77. The van der Waals surface area contributed by atoms with Gasteiger partial charge in [-0.1, -0.05) is 12.8 Å². The summed E-state index contributed by atoms with van der Waals surface area (Å²) in [4.78, 5) is 23.7. The first-order valence-corrected chi connectivity index (χ1v) is 6.61. The van der Waals surface area contributed by atoms with E-state index in [2.05, 4.69) is 10.1 Å². The highest BCUT2D eigenvalue weighted by Crippen LogP contribution is 2.19. The second-order valence-electron chi connectivity index (χ2n) is 4.82. The minimum absolute atomic E-state index is 0.0343. The molecular weight excluding hydrogens is 246 g/mol. The Hall–Kier alpha value is -1.62. The van der Waals surface area contributed by atoms with Gasteiger partial charge in [-0.05, 0) is 25.0 Å². The lowest BCUT2D eigenvalue weighted by molar-refractivity contribution is -0.141. The highest BCUT2D eigenvalue weighted by Gasteiger charge is 2.28. The van der Waals surface area contributed by atoms with E-state index in [9.17, 15) is 9.59 Å².